The predicted molar refractivity (Wildman–Crippen MR) is 93.6 cm³/mol. The number of carbonyl (C=O) groups is 2. The Bertz CT molecular complexity index is 677. The standard InChI is InChI=1S/C21H28O4/c1-20-8-7-13(23)9-12(20)3-4-14-15-5-6-16(18(25)11-22)21(15,2)10-17(24)19(14)20/h7-9,14-17,19,22,24H,3-6,10-11H2,1-2H3/t14-,15+,16-,17+,19+,20+,21-/m0/s1. The van der Waals surface area contributed by atoms with Gasteiger partial charge in [0.1, 0.15) is 6.61 Å². The minimum Gasteiger partial charge on any atom is -0.393 e. The van der Waals surface area contributed by atoms with Crippen LogP contribution in [0.4, 0.5) is 0 Å². The monoisotopic (exact) mass is 344 g/mol. The Hall–Kier alpha value is -1.26. The summed E-state index contributed by atoms with van der Waals surface area (Å²) >= 11 is 0. The van der Waals surface area contributed by atoms with Crippen molar-refractivity contribution in [3.63, 3.8) is 0 Å². The fraction of sp³-hybridized carbons (Fsp3) is 0.714. The molecule has 0 aromatic rings. The van der Waals surface area contributed by atoms with Crippen molar-refractivity contribution in [3.8, 4) is 0 Å². The number of fused-ring (bicyclic) bond motifs is 5. The van der Waals surface area contributed by atoms with Crippen LogP contribution in [0.5, 0.6) is 0 Å². The highest BCUT2D eigenvalue weighted by atomic mass is 16.3. The highest BCUT2D eigenvalue weighted by Crippen LogP contribution is 2.65. The summed E-state index contributed by atoms with van der Waals surface area (Å²) in [5.74, 6) is 0.734. The molecule has 2 N–H and O–H groups in total. The first-order valence-electron chi connectivity index (χ1n) is 9.57. The molecule has 0 unspecified atom stereocenters. The topological polar surface area (TPSA) is 74.6 Å². The zero-order valence-electron chi connectivity index (χ0n) is 15.1. The molecule has 0 saturated heterocycles. The lowest BCUT2D eigenvalue weighted by molar-refractivity contribution is -0.141. The minimum absolute atomic E-state index is 0.0514. The smallest absolute Gasteiger partial charge is 0.178 e. The van der Waals surface area contributed by atoms with Gasteiger partial charge in [-0.2, -0.15) is 0 Å². The average molecular weight is 344 g/mol. The zero-order chi connectivity index (χ0) is 18.0. The van der Waals surface area contributed by atoms with Crippen LogP contribution in [0, 0.1) is 34.5 Å². The summed E-state index contributed by atoms with van der Waals surface area (Å²) in [5.41, 5.74) is 0.688. The normalized spacial score (nSPS) is 48.4. The second kappa shape index (κ2) is 5.62. The molecule has 0 heterocycles. The van der Waals surface area contributed by atoms with Crippen molar-refractivity contribution >= 4 is 11.6 Å². The molecule has 3 fully saturated rings. The van der Waals surface area contributed by atoms with Gasteiger partial charge in [-0.25, -0.2) is 0 Å². The van der Waals surface area contributed by atoms with Gasteiger partial charge in [-0.05, 0) is 61.5 Å². The first-order chi connectivity index (χ1) is 11.8. The Kier molecular flexibility index (Phi) is 3.86. The number of hydrogen-bond donors (Lipinski definition) is 2. The SMILES string of the molecule is C[C@]12C[C@@H](O)[C@H]3[C@@H](CCC4=CC(=O)C=C[C@]43C)[C@H]1CC[C@H]2C(=O)CO. The second-order valence-electron chi connectivity index (χ2n) is 9.05. The van der Waals surface area contributed by atoms with Gasteiger partial charge in [0.25, 0.3) is 0 Å². The van der Waals surface area contributed by atoms with Crippen molar-refractivity contribution in [2.24, 2.45) is 34.5 Å². The maximum absolute atomic E-state index is 12.3. The number of aliphatic hydroxyl groups is 2. The number of Topliss-reactive ketones (excluding diaryl/α,β-unsaturated/α-hetero) is 1. The molecular weight excluding hydrogens is 316 g/mol. The maximum atomic E-state index is 12.3. The van der Waals surface area contributed by atoms with Gasteiger partial charge in [-0.1, -0.05) is 25.5 Å². The molecular formula is C21H28O4. The van der Waals surface area contributed by atoms with E-state index < -0.39 is 12.7 Å². The summed E-state index contributed by atoms with van der Waals surface area (Å²) in [6.45, 7) is 3.92. The fourth-order valence-electron chi connectivity index (χ4n) is 6.96. The van der Waals surface area contributed by atoms with E-state index in [9.17, 15) is 19.8 Å². The molecule has 4 nitrogen and oxygen atoms in total. The van der Waals surface area contributed by atoms with E-state index in [1.807, 2.05) is 6.08 Å². The first-order valence-corrected chi connectivity index (χ1v) is 9.57. The summed E-state index contributed by atoms with van der Waals surface area (Å²) in [6, 6.07) is 0. The van der Waals surface area contributed by atoms with E-state index in [1.54, 1.807) is 12.2 Å². The minimum atomic E-state index is -0.482. The Labute approximate surface area is 149 Å². The van der Waals surface area contributed by atoms with E-state index in [-0.39, 0.29) is 34.2 Å². The van der Waals surface area contributed by atoms with Crippen LogP contribution in [-0.2, 0) is 9.59 Å². The summed E-state index contributed by atoms with van der Waals surface area (Å²) in [7, 11) is 0. The number of ketones is 2. The number of allylic oxidation sites excluding steroid dienone is 4. The summed E-state index contributed by atoms with van der Waals surface area (Å²) in [5, 5.41) is 20.5. The molecule has 0 aromatic carbocycles. The predicted octanol–water partition coefficient (Wildman–Crippen LogP) is 2.44. The molecule has 0 amide bonds. The van der Waals surface area contributed by atoms with Gasteiger partial charge < -0.3 is 10.2 Å². The lowest BCUT2D eigenvalue weighted by Crippen LogP contribution is -2.56. The van der Waals surface area contributed by atoms with Gasteiger partial charge >= 0.3 is 0 Å². The third-order valence-electron chi connectivity index (χ3n) is 8.04. The number of carbonyl (C=O) groups excluding carboxylic acids is 2. The fourth-order valence-corrected chi connectivity index (χ4v) is 6.96. The van der Waals surface area contributed by atoms with Crippen LogP contribution in [0.25, 0.3) is 0 Å². The van der Waals surface area contributed by atoms with E-state index in [2.05, 4.69) is 13.8 Å². The first kappa shape index (κ1) is 17.2. The van der Waals surface area contributed by atoms with E-state index >= 15 is 0 Å². The second-order valence-corrected chi connectivity index (χ2v) is 9.05. The molecule has 7 atom stereocenters. The van der Waals surface area contributed by atoms with Crippen LogP contribution >= 0.6 is 0 Å². The lowest BCUT2D eigenvalue weighted by Gasteiger charge is -2.58. The quantitative estimate of drug-likeness (QED) is 0.807. The third kappa shape index (κ3) is 2.26. The third-order valence-corrected chi connectivity index (χ3v) is 8.04. The van der Waals surface area contributed by atoms with E-state index in [0.717, 1.165) is 31.3 Å². The van der Waals surface area contributed by atoms with Crippen LogP contribution in [0.3, 0.4) is 0 Å². The highest BCUT2D eigenvalue weighted by Gasteiger charge is 2.62. The number of hydrogen-bond acceptors (Lipinski definition) is 4. The van der Waals surface area contributed by atoms with Crippen LogP contribution in [0.1, 0.15) is 46.0 Å². The molecule has 4 rings (SSSR count). The Morgan fingerprint density at radius 2 is 2.04 bits per heavy atom. The van der Waals surface area contributed by atoms with Gasteiger partial charge in [0.15, 0.2) is 11.6 Å². The van der Waals surface area contributed by atoms with Crippen molar-refractivity contribution in [3.05, 3.63) is 23.8 Å². The van der Waals surface area contributed by atoms with Gasteiger partial charge in [0.05, 0.1) is 6.10 Å². The van der Waals surface area contributed by atoms with Crippen LogP contribution in [0.15, 0.2) is 23.8 Å². The molecule has 4 aliphatic rings. The van der Waals surface area contributed by atoms with Crippen molar-refractivity contribution in [1.82, 2.24) is 0 Å². The number of rotatable bonds is 2. The molecule has 0 spiro atoms. The molecule has 0 aromatic heterocycles. The molecule has 25 heavy (non-hydrogen) atoms. The summed E-state index contributed by atoms with van der Waals surface area (Å²) < 4.78 is 0. The van der Waals surface area contributed by atoms with Crippen molar-refractivity contribution in [2.75, 3.05) is 6.61 Å². The molecule has 136 valence electrons. The van der Waals surface area contributed by atoms with Gasteiger partial charge in [0.2, 0.25) is 0 Å². The van der Waals surface area contributed by atoms with Crippen molar-refractivity contribution in [1.29, 1.82) is 0 Å². The molecule has 0 aliphatic heterocycles. The van der Waals surface area contributed by atoms with Crippen LogP contribution in [-0.4, -0.2) is 34.5 Å². The van der Waals surface area contributed by atoms with Crippen LogP contribution < -0.4 is 0 Å². The average Bonchev–Trinajstić information content (AvgIpc) is 2.91. The lowest BCUT2D eigenvalue weighted by atomic mass is 9.46. The summed E-state index contributed by atoms with van der Waals surface area (Å²) in [4.78, 5) is 24.1. The van der Waals surface area contributed by atoms with Gasteiger partial charge in [0, 0.05) is 17.3 Å². The van der Waals surface area contributed by atoms with E-state index in [4.69, 9.17) is 0 Å². The van der Waals surface area contributed by atoms with Gasteiger partial charge in [-0.15, -0.1) is 0 Å². The molecule has 3 saturated carbocycles. The van der Waals surface area contributed by atoms with E-state index in [0.29, 0.717) is 18.3 Å². The molecule has 0 bridgehead atoms. The largest absolute Gasteiger partial charge is 0.393 e. The zero-order valence-corrected chi connectivity index (χ0v) is 15.1. The molecule has 4 aliphatic carbocycles. The van der Waals surface area contributed by atoms with Crippen LogP contribution in [0.2, 0.25) is 0 Å². The molecule has 4 heteroatoms. The number of aliphatic hydroxyl groups excluding tert-OH is 2. The van der Waals surface area contributed by atoms with Gasteiger partial charge in [-0.3, -0.25) is 9.59 Å². The Morgan fingerprint density at radius 3 is 2.76 bits per heavy atom. The highest BCUT2D eigenvalue weighted by molar-refractivity contribution is 6.01. The molecule has 0 radical (unpaired) electrons. The maximum Gasteiger partial charge on any atom is 0.178 e. The summed E-state index contributed by atoms with van der Waals surface area (Å²) in [6.07, 6.45) is 9.25. The van der Waals surface area contributed by atoms with E-state index in [1.165, 1.54) is 0 Å². The Balaban J connectivity index is 1.71. The van der Waals surface area contributed by atoms with Crippen molar-refractivity contribution < 1.29 is 19.8 Å². The van der Waals surface area contributed by atoms with Crippen molar-refractivity contribution in [2.45, 2.75) is 52.1 Å². The Morgan fingerprint density at radius 1 is 1.28 bits per heavy atom.